The van der Waals surface area contributed by atoms with Crippen LogP contribution in [0, 0.1) is 0 Å². The molecule has 2 N–H and O–H groups in total. The first kappa shape index (κ1) is 13.8. The van der Waals surface area contributed by atoms with E-state index in [4.69, 9.17) is 5.73 Å². The molecule has 0 aliphatic carbocycles. The summed E-state index contributed by atoms with van der Waals surface area (Å²) in [7, 11) is 0. The number of aromatic nitrogens is 1. The SMILES string of the molecule is Cl.NCc1nc(C(=O)N2CCSCC2)cs1. The molecule has 4 nitrogen and oxygen atoms in total. The van der Waals surface area contributed by atoms with Crippen molar-refractivity contribution < 1.29 is 4.79 Å². The van der Waals surface area contributed by atoms with Gasteiger partial charge in [-0.15, -0.1) is 23.7 Å². The van der Waals surface area contributed by atoms with Crippen LogP contribution in [0.2, 0.25) is 0 Å². The van der Waals surface area contributed by atoms with E-state index in [1.165, 1.54) is 11.3 Å². The minimum atomic E-state index is 0. The highest BCUT2D eigenvalue weighted by Gasteiger charge is 2.20. The normalized spacial score (nSPS) is 15.7. The number of carbonyl (C=O) groups excluding carboxylic acids is 1. The molecule has 0 bridgehead atoms. The first-order chi connectivity index (χ1) is 7.31. The molecule has 1 fully saturated rings. The summed E-state index contributed by atoms with van der Waals surface area (Å²) in [6.45, 7) is 2.08. The number of hydrogen-bond donors (Lipinski definition) is 1. The van der Waals surface area contributed by atoms with Crippen LogP contribution in [0.15, 0.2) is 5.38 Å². The molecule has 1 aliphatic rings. The molecule has 1 saturated heterocycles. The summed E-state index contributed by atoms with van der Waals surface area (Å²) in [5.74, 6) is 2.10. The Balaban J connectivity index is 0.00000128. The third-order valence-corrected chi connectivity index (χ3v) is 4.06. The Morgan fingerprint density at radius 1 is 1.50 bits per heavy atom. The highest BCUT2D eigenvalue weighted by Crippen LogP contribution is 2.15. The van der Waals surface area contributed by atoms with Gasteiger partial charge in [-0.25, -0.2) is 4.98 Å². The van der Waals surface area contributed by atoms with Crippen molar-refractivity contribution in [3.05, 3.63) is 16.1 Å². The molecule has 0 unspecified atom stereocenters. The zero-order valence-electron chi connectivity index (χ0n) is 8.72. The molecule has 1 aromatic heterocycles. The number of nitrogens with two attached hydrogens (primary N) is 1. The minimum Gasteiger partial charge on any atom is -0.336 e. The number of thiazole rings is 1. The monoisotopic (exact) mass is 279 g/mol. The van der Waals surface area contributed by atoms with Crippen molar-refractivity contribution in [1.29, 1.82) is 0 Å². The van der Waals surface area contributed by atoms with Crippen LogP contribution in [0.25, 0.3) is 0 Å². The first-order valence-electron chi connectivity index (χ1n) is 4.83. The van der Waals surface area contributed by atoms with Gasteiger partial charge in [0.1, 0.15) is 10.7 Å². The van der Waals surface area contributed by atoms with E-state index < -0.39 is 0 Å². The van der Waals surface area contributed by atoms with Crippen LogP contribution in [0.1, 0.15) is 15.5 Å². The van der Waals surface area contributed by atoms with Crippen LogP contribution in [0.4, 0.5) is 0 Å². The molecule has 2 rings (SSSR count). The van der Waals surface area contributed by atoms with Gasteiger partial charge in [-0.05, 0) is 0 Å². The molecule has 1 aromatic rings. The molecule has 0 atom stereocenters. The highest BCUT2D eigenvalue weighted by molar-refractivity contribution is 7.99. The summed E-state index contributed by atoms with van der Waals surface area (Å²) in [5, 5.41) is 2.62. The summed E-state index contributed by atoms with van der Waals surface area (Å²) in [6.07, 6.45) is 0. The van der Waals surface area contributed by atoms with Gasteiger partial charge in [-0.2, -0.15) is 11.8 Å². The Kier molecular flexibility index (Phi) is 5.54. The number of halogens is 1. The Morgan fingerprint density at radius 3 is 2.75 bits per heavy atom. The van der Waals surface area contributed by atoms with Gasteiger partial charge in [0, 0.05) is 36.5 Å². The molecule has 0 saturated carbocycles. The van der Waals surface area contributed by atoms with Crippen molar-refractivity contribution in [2.24, 2.45) is 5.73 Å². The average molecular weight is 280 g/mol. The van der Waals surface area contributed by atoms with Gasteiger partial charge in [0.2, 0.25) is 0 Å². The second-order valence-corrected chi connectivity index (χ2v) is 5.40. The van der Waals surface area contributed by atoms with Gasteiger partial charge in [-0.1, -0.05) is 0 Å². The van der Waals surface area contributed by atoms with Crippen LogP contribution < -0.4 is 5.73 Å². The van der Waals surface area contributed by atoms with Crippen molar-refractivity contribution in [3.8, 4) is 0 Å². The smallest absolute Gasteiger partial charge is 0.273 e. The zero-order chi connectivity index (χ0) is 10.7. The molecule has 2 heterocycles. The largest absolute Gasteiger partial charge is 0.336 e. The van der Waals surface area contributed by atoms with E-state index in [0.717, 1.165) is 29.6 Å². The lowest BCUT2D eigenvalue weighted by molar-refractivity contribution is 0.0767. The Labute approximate surface area is 109 Å². The Hall–Kier alpha value is -0.300. The number of nitrogens with zero attached hydrogens (tertiary/aromatic N) is 2. The third kappa shape index (κ3) is 3.10. The molecular weight excluding hydrogens is 266 g/mol. The standard InChI is InChI=1S/C9H13N3OS2.ClH/c10-5-8-11-7(6-15-8)9(13)12-1-3-14-4-2-12;/h6H,1-5,10H2;1H. The fourth-order valence-corrected chi connectivity index (χ4v) is 2.98. The maximum Gasteiger partial charge on any atom is 0.273 e. The van der Waals surface area contributed by atoms with Crippen LogP contribution >= 0.6 is 35.5 Å². The fourth-order valence-electron chi connectivity index (χ4n) is 1.43. The van der Waals surface area contributed by atoms with Crippen molar-refractivity contribution in [2.75, 3.05) is 24.6 Å². The van der Waals surface area contributed by atoms with E-state index in [0.29, 0.717) is 12.2 Å². The van der Waals surface area contributed by atoms with Gasteiger partial charge in [0.25, 0.3) is 5.91 Å². The summed E-state index contributed by atoms with van der Waals surface area (Å²) < 4.78 is 0. The summed E-state index contributed by atoms with van der Waals surface area (Å²) in [5.41, 5.74) is 6.01. The van der Waals surface area contributed by atoms with Crippen molar-refractivity contribution >= 4 is 41.4 Å². The van der Waals surface area contributed by atoms with Gasteiger partial charge < -0.3 is 10.6 Å². The lowest BCUT2D eigenvalue weighted by atomic mass is 10.4. The maximum absolute atomic E-state index is 11.9. The van der Waals surface area contributed by atoms with Gasteiger partial charge in [-0.3, -0.25) is 4.79 Å². The van der Waals surface area contributed by atoms with Gasteiger partial charge in [0.15, 0.2) is 0 Å². The quantitative estimate of drug-likeness (QED) is 0.884. The second-order valence-electron chi connectivity index (χ2n) is 3.24. The third-order valence-electron chi connectivity index (χ3n) is 2.24. The number of amides is 1. The van der Waals surface area contributed by atoms with E-state index >= 15 is 0 Å². The molecule has 1 amide bonds. The molecule has 16 heavy (non-hydrogen) atoms. The van der Waals surface area contributed by atoms with Gasteiger partial charge >= 0.3 is 0 Å². The molecule has 0 aromatic carbocycles. The number of rotatable bonds is 2. The number of thioether (sulfide) groups is 1. The molecule has 0 radical (unpaired) electrons. The average Bonchev–Trinajstić information content (AvgIpc) is 2.78. The zero-order valence-corrected chi connectivity index (χ0v) is 11.2. The molecule has 1 aliphatic heterocycles. The highest BCUT2D eigenvalue weighted by atomic mass is 35.5. The first-order valence-corrected chi connectivity index (χ1v) is 6.86. The van der Waals surface area contributed by atoms with E-state index in [-0.39, 0.29) is 18.3 Å². The number of carbonyl (C=O) groups is 1. The molecule has 90 valence electrons. The summed E-state index contributed by atoms with van der Waals surface area (Å²) >= 11 is 3.34. The van der Waals surface area contributed by atoms with E-state index in [1.54, 1.807) is 5.38 Å². The van der Waals surface area contributed by atoms with E-state index in [2.05, 4.69) is 4.98 Å². The topological polar surface area (TPSA) is 59.2 Å². The summed E-state index contributed by atoms with van der Waals surface area (Å²) in [6, 6.07) is 0. The predicted octanol–water partition coefficient (Wildman–Crippen LogP) is 1.21. The Bertz CT molecular complexity index is 352. The summed E-state index contributed by atoms with van der Waals surface area (Å²) in [4.78, 5) is 18.0. The fraction of sp³-hybridized carbons (Fsp3) is 0.556. The molecular formula is C9H14ClN3OS2. The predicted molar refractivity (Wildman–Crippen MR) is 70.5 cm³/mol. The van der Waals surface area contributed by atoms with Crippen LogP contribution in [-0.2, 0) is 6.54 Å². The van der Waals surface area contributed by atoms with Crippen LogP contribution in [0.3, 0.4) is 0 Å². The van der Waals surface area contributed by atoms with Crippen molar-refractivity contribution in [2.45, 2.75) is 6.54 Å². The second kappa shape index (κ2) is 6.44. The molecule has 0 spiro atoms. The van der Waals surface area contributed by atoms with Gasteiger partial charge in [0.05, 0.1) is 0 Å². The van der Waals surface area contributed by atoms with Crippen molar-refractivity contribution in [3.63, 3.8) is 0 Å². The van der Waals surface area contributed by atoms with E-state index in [1.807, 2.05) is 16.7 Å². The van der Waals surface area contributed by atoms with Crippen molar-refractivity contribution in [1.82, 2.24) is 9.88 Å². The lowest BCUT2D eigenvalue weighted by Gasteiger charge is -2.25. The minimum absolute atomic E-state index is 0. The van der Waals surface area contributed by atoms with Crippen LogP contribution in [-0.4, -0.2) is 40.4 Å². The maximum atomic E-state index is 11.9. The van der Waals surface area contributed by atoms with Crippen LogP contribution in [0.5, 0.6) is 0 Å². The lowest BCUT2D eigenvalue weighted by Crippen LogP contribution is -2.38. The van der Waals surface area contributed by atoms with E-state index in [9.17, 15) is 4.79 Å². The molecule has 7 heteroatoms. The Morgan fingerprint density at radius 2 is 2.19 bits per heavy atom. The number of hydrogen-bond acceptors (Lipinski definition) is 5.